The third-order valence-corrected chi connectivity index (χ3v) is 10.7. The molecule has 206 valence electrons. The van der Waals surface area contributed by atoms with Crippen LogP contribution in [0.2, 0.25) is 0 Å². The highest BCUT2D eigenvalue weighted by molar-refractivity contribution is 8.18. The quantitative estimate of drug-likeness (QED) is 0.415. The fourth-order valence-electron chi connectivity index (χ4n) is 4.96. The van der Waals surface area contributed by atoms with Gasteiger partial charge in [-0.1, -0.05) is 17.8 Å². The van der Waals surface area contributed by atoms with E-state index in [1.807, 2.05) is 31.2 Å². The molecule has 1 saturated carbocycles. The zero-order chi connectivity index (χ0) is 27.5. The summed E-state index contributed by atoms with van der Waals surface area (Å²) in [6.07, 6.45) is 6.38. The zero-order valence-corrected chi connectivity index (χ0v) is 23.4. The Morgan fingerprint density at radius 2 is 2.00 bits per heavy atom. The van der Waals surface area contributed by atoms with E-state index < -0.39 is 38.8 Å². The van der Waals surface area contributed by atoms with Crippen molar-refractivity contribution in [2.45, 2.75) is 50.4 Å². The number of hydrogen-bond acceptors (Lipinski definition) is 8. The summed E-state index contributed by atoms with van der Waals surface area (Å²) in [5, 5.41) is 4.33. The molecular formula is C26H29N5O6S2. The van der Waals surface area contributed by atoms with Crippen LogP contribution in [0.25, 0.3) is 11.0 Å². The average molecular weight is 572 g/mol. The van der Waals surface area contributed by atoms with E-state index in [-0.39, 0.29) is 17.3 Å². The van der Waals surface area contributed by atoms with E-state index in [1.54, 1.807) is 36.1 Å². The maximum absolute atomic E-state index is 13.8. The van der Waals surface area contributed by atoms with Gasteiger partial charge < -0.3 is 14.1 Å². The van der Waals surface area contributed by atoms with E-state index in [9.17, 15) is 18.0 Å². The number of furan rings is 1. The lowest BCUT2D eigenvalue weighted by atomic mass is 10.0. The minimum Gasteiger partial charge on any atom is -0.459 e. The van der Waals surface area contributed by atoms with Crippen molar-refractivity contribution in [2.75, 3.05) is 7.11 Å². The van der Waals surface area contributed by atoms with Crippen LogP contribution >= 0.6 is 11.8 Å². The minimum atomic E-state index is -3.83. The molecule has 39 heavy (non-hydrogen) atoms. The molecule has 3 aromatic rings. The number of fused-ring (bicyclic) bond motifs is 2. The van der Waals surface area contributed by atoms with Gasteiger partial charge in [0.25, 0.3) is 0 Å². The predicted molar refractivity (Wildman–Crippen MR) is 144 cm³/mol. The zero-order valence-electron chi connectivity index (χ0n) is 21.8. The van der Waals surface area contributed by atoms with Crippen LogP contribution in [-0.2, 0) is 46.3 Å². The van der Waals surface area contributed by atoms with Crippen molar-refractivity contribution in [2.24, 2.45) is 13.0 Å². The number of carbonyl (C=O) groups excluding carboxylic acids is 2. The smallest absolute Gasteiger partial charge is 0.328 e. The van der Waals surface area contributed by atoms with Crippen molar-refractivity contribution in [3.8, 4) is 0 Å². The van der Waals surface area contributed by atoms with Crippen LogP contribution in [0.1, 0.15) is 36.7 Å². The van der Waals surface area contributed by atoms with Gasteiger partial charge in [0, 0.05) is 43.4 Å². The number of thioether (sulfide) groups is 1. The summed E-state index contributed by atoms with van der Waals surface area (Å²) in [6, 6.07) is 7.06. The van der Waals surface area contributed by atoms with Gasteiger partial charge in [-0.05, 0) is 49.6 Å². The Hall–Kier alpha value is -3.13. The maximum atomic E-state index is 13.8. The molecule has 2 aromatic heterocycles. The molecule has 2 atom stereocenters. The molecule has 1 aliphatic carbocycles. The van der Waals surface area contributed by atoms with Gasteiger partial charge in [-0.25, -0.2) is 17.9 Å². The first-order valence-corrected chi connectivity index (χ1v) is 14.9. The lowest BCUT2D eigenvalue weighted by molar-refractivity contribution is -0.135. The second-order valence-corrected chi connectivity index (χ2v) is 13.6. The van der Waals surface area contributed by atoms with Gasteiger partial charge in [-0.2, -0.15) is 5.10 Å². The Labute approximate surface area is 230 Å². The highest BCUT2D eigenvalue weighted by Crippen LogP contribution is 2.46. The van der Waals surface area contributed by atoms with E-state index in [4.69, 9.17) is 9.15 Å². The number of nitrogens with zero attached hydrogens (tertiary/aromatic N) is 4. The highest BCUT2D eigenvalue weighted by atomic mass is 32.3. The number of aryl methyl sites for hydroxylation is 1. The number of amides is 3. The van der Waals surface area contributed by atoms with E-state index >= 15 is 0 Å². The molecule has 0 spiro atoms. The highest BCUT2D eigenvalue weighted by Gasteiger charge is 2.52. The number of imide groups is 1. The van der Waals surface area contributed by atoms with Crippen LogP contribution in [0.15, 0.2) is 51.4 Å². The Morgan fingerprint density at radius 3 is 2.69 bits per heavy atom. The molecule has 1 saturated heterocycles. The van der Waals surface area contributed by atoms with Gasteiger partial charge in [0.1, 0.15) is 27.6 Å². The molecule has 11 nitrogen and oxygen atoms in total. The molecule has 1 N–H and O–H groups in total. The van der Waals surface area contributed by atoms with Gasteiger partial charge in [0.2, 0.25) is 15.9 Å². The molecule has 4 heterocycles. The number of hydrogen-bond donors (Lipinski definition) is 1. The standard InChI is InChI=1S/C26H29N5O6S2/c1-26(6-7-26)28-39(34,35)22-10-20-23(32)30(14-17-11-27-29(2)12-17)25(33)31(24(20)38-22)13-16-4-5-21-18(8-16)9-19(37-21)15-36-3/h4-5,8-12,20,24,28H,6-7,13-15H2,1-3H3. The SMILES string of the molecule is COCc1cc2cc(CN3C(=O)N(Cc4cnn(C)c4)C(=O)C4C=C(S(=O)(=O)NC5(C)CC5)SC43)ccc2o1. The topological polar surface area (TPSA) is 127 Å². The van der Waals surface area contributed by atoms with Gasteiger partial charge in [-0.3, -0.25) is 14.4 Å². The molecule has 2 aliphatic heterocycles. The summed E-state index contributed by atoms with van der Waals surface area (Å²) in [5.74, 6) is -0.530. The van der Waals surface area contributed by atoms with Crippen LogP contribution in [0.4, 0.5) is 4.79 Å². The first kappa shape index (κ1) is 26.1. The minimum absolute atomic E-state index is 0.0449. The van der Waals surface area contributed by atoms with Crippen molar-refractivity contribution in [3.63, 3.8) is 0 Å². The van der Waals surface area contributed by atoms with E-state index in [0.29, 0.717) is 23.5 Å². The van der Waals surface area contributed by atoms with Gasteiger partial charge in [-0.15, -0.1) is 0 Å². The number of sulfonamides is 1. The van der Waals surface area contributed by atoms with E-state index in [0.717, 1.165) is 35.6 Å². The van der Waals surface area contributed by atoms with Crippen LogP contribution < -0.4 is 4.72 Å². The molecular weight excluding hydrogens is 542 g/mol. The molecule has 0 bridgehead atoms. The lowest BCUT2D eigenvalue weighted by Gasteiger charge is -2.41. The first-order chi connectivity index (χ1) is 18.5. The second kappa shape index (κ2) is 9.51. The first-order valence-electron chi connectivity index (χ1n) is 12.6. The summed E-state index contributed by atoms with van der Waals surface area (Å²) >= 11 is 1.05. The Morgan fingerprint density at radius 1 is 1.21 bits per heavy atom. The molecule has 1 aromatic carbocycles. The monoisotopic (exact) mass is 571 g/mol. The fraction of sp³-hybridized carbons (Fsp3) is 0.423. The number of rotatable bonds is 9. The predicted octanol–water partition coefficient (Wildman–Crippen LogP) is 3.28. The molecule has 6 rings (SSSR count). The summed E-state index contributed by atoms with van der Waals surface area (Å²) in [6.45, 7) is 2.44. The van der Waals surface area contributed by atoms with Crippen molar-refractivity contribution in [1.82, 2.24) is 24.3 Å². The van der Waals surface area contributed by atoms with Gasteiger partial charge >= 0.3 is 6.03 Å². The molecule has 0 radical (unpaired) electrons. The summed E-state index contributed by atoms with van der Waals surface area (Å²) in [7, 11) is -0.472. The Kier molecular flexibility index (Phi) is 6.36. The number of benzene rings is 1. The molecule has 3 amide bonds. The molecule has 13 heteroatoms. The number of methoxy groups -OCH3 is 1. The van der Waals surface area contributed by atoms with Gasteiger partial charge in [0.15, 0.2) is 0 Å². The van der Waals surface area contributed by atoms with E-state index in [1.165, 1.54) is 11.0 Å². The third kappa shape index (κ3) is 4.99. The van der Waals surface area contributed by atoms with Crippen LogP contribution in [0.3, 0.4) is 0 Å². The molecule has 3 aliphatic rings. The van der Waals surface area contributed by atoms with Crippen molar-refractivity contribution < 1.29 is 27.2 Å². The number of nitrogens with one attached hydrogen (secondary N) is 1. The van der Waals surface area contributed by atoms with E-state index in [2.05, 4.69) is 9.82 Å². The normalized spacial score (nSPS) is 22.5. The fourth-order valence-corrected chi connectivity index (χ4v) is 8.27. The number of aromatic nitrogens is 2. The second-order valence-electron chi connectivity index (χ2n) is 10.6. The number of ether oxygens (including phenoxy) is 1. The molecule has 2 fully saturated rings. The van der Waals surface area contributed by atoms with Crippen molar-refractivity contribution >= 4 is 44.7 Å². The number of carbonyl (C=O) groups is 2. The summed E-state index contributed by atoms with van der Waals surface area (Å²) in [4.78, 5) is 30.2. The Balaban J connectivity index is 1.32. The van der Waals surface area contributed by atoms with Crippen LogP contribution in [0, 0.1) is 5.92 Å². The van der Waals surface area contributed by atoms with Crippen LogP contribution in [-0.4, -0.2) is 58.0 Å². The number of urea groups is 1. The van der Waals surface area contributed by atoms with Crippen molar-refractivity contribution in [3.05, 3.63) is 63.9 Å². The Bertz CT molecular complexity index is 1610. The summed E-state index contributed by atoms with van der Waals surface area (Å²) in [5.41, 5.74) is 1.78. The van der Waals surface area contributed by atoms with Crippen LogP contribution in [0.5, 0.6) is 0 Å². The maximum Gasteiger partial charge on any atom is 0.328 e. The largest absolute Gasteiger partial charge is 0.459 e. The van der Waals surface area contributed by atoms with Crippen molar-refractivity contribution in [1.29, 1.82) is 0 Å². The third-order valence-electron chi connectivity index (χ3n) is 7.21. The lowest BCUT2D eigenvalue weighted by Crippen LogP contribution is -2.58. The summed E-state index contributed by atoms with van der Waals surface area (Å²) < 4.78 is 41.8. The van der Waals surface area contributed by atoms with Gasteiger partial charge in [0.05, 0.1) is 18.7 Å². The average Bonchev–Trinajstić information content (AvgIpc) is 3.26. The molecule has 2 unspecified atom stereocenters.